The maximum absolute atomic E-state index is 11.0. The molecule has 0 aliphatic carbocycles. The Labute approximate surface area is 176 Å². The molecule has 3 aromatic carbocycles. The molecule has 5 aromatic rings. The lowest BCUT2D eigenvalue weighted by Gasteiger charge is -2.11. The summed E-state index contributed by atoms with van der Waals surface area (Å²) in [5.74, 6) is 1.21. The molecule has 0 unspecified atom stereocenters. The van der Waals surface area contributed by atoms with Crippen molar-refractivity contribution < 1.29 is 9.21 Å². The summed E-state index contributed by atoms with van der Waals surface area (Å²) in [7, 11) is 1.89. The van der Waals surface area contributed by atoms with Crippen molar-refractivity contribution in [2.75, 3.05) is 0 Å². The van der Waals surface area contributed by atoms with Crippen LogP contribution in [0.3, 0.4) is 0 Å². The molecule has 0 amide bonds. The highest BCUT2D eigenvalue weighted by atomic mass is 35.5. The molecule has 0 atom stereocenters. The number of aromatic nitrogens is 4. The number of aldehydes is 1. The molecule has 0 bridgehead atoms. The first-order chi connectivity index (χ1) is 14.6. The monoisotopic (exact) mass is 414 g/mol. The molecule has 30 heavy (non-hydrogen) atoms. The van der Waals surface area contributed by atoms with Crippen molar-refractivity contribution in [3.8, 4) is 34.0 Å². The number of aryl methyl sites for hydroxylation is 1. The first-order valence-corrected chi connectivity index (χ1v) is 9.61. The van der Waals surface area contributed by atoms with Crippen LogP contribution in [0, 0.1) is 0 Å². The van der Waals surface area contributed by atoms with Crippen molar-refractivity contribution in [3.63, 3.8) is 0 Å². The SMILES string of the molecule is Cn1cnnc1-c1cc(Cl)ccc1-c1cccc(-c2nc3cc(C=O)ccc3o2)c1. The van der Waals surface area contributed by atoms with E-state index in [9.17, 15) is 4.79 Å². The average Bonchev–Trinajstić information content (AvgIpc) is 3.39. The Morgan fingerprint density at radius 1 is 1.00 bits per heavy atom. The van der Waals surface area contributed by atoms with Gasteiger partial charge in [-0.05, 0) is 53.6 Å². The number of halogens is 1. The molecule has 0 aliphatic rings. The van der Waals surface area contributed by atoms with Crippen LogP contribution in [0.4, 0.5) is 0 Å². The molecule has 146 valence electrons. The minimum Gasteiger partial charge on any atom is -0.436 e. The van der Waals surface area contributed by atoms with Crippen LogP contribution in [0.2, 0.25) is 5.02 Å². The maximum atomic E-state index is 11.0. The summed E-state index contributed by atoms with van der Waals surface area (Å²) < 4.78 is 7.76. The van der Waals surface area contributed by atoms with Crippen LogP contribution in [0.5, 0.6) is 0 Å². The molecule has 0 spiro atoms. The highest BCUT2D eigenvalue weighted by Gasteiger charge is 2.15. The summed E-state index contributed by atoms with van der Waals surface area (Å²) in [6, 6.07) is 18.8. The standard InChI is InChI=1S/C23H15ClN4O2/c1-28-13-25-27-22(28)19-11-17(24)6-7-18(19)15-3-2-4-16(10-15)23-26-20-9-14(12-29)5-8-21(20)30-23/h2-13H,1H3. The summed E-state index contributed by atoms with van der Waals surface area (Å²) in [5, 5.41) is 8.84. The Balaban J connectivity index is 1.63. The van der Waals surface area contributed by atoms with Gasteiger partial charge in [0, 0.05) is 28.8 Å². The molecule has 0 radical (unpaired) electrons. The van der Waals surface area contributed by atoms with Gasteiger partial charge in [0.25, 0.3) is 0 Å². The Kier molecular flexibility index (Phi) is 4.41. The number of carbonyl (C=O) groups excluding carboxylic acids is 1. The lowest BCUT2D eigenvalue weighted by Crippen LogP contribution is -1.94. The van der Waals surface area contributed by atoms with Gasteiger partial charge >= 0.3 is 0 Å². The number of hydrogen-bond donors (Lipinski definition) is 0. The highest BCUT2D eigenvalue weighted by molar-refractivity contribution is 6.31. The van der Waals surface area contributed by atoms with Gasteiger partial charge in [0.1, 0.15) is 18.1 Å². The van der Waals surface area contributed by atoms with Gasteiger partial charge in [-0.1, -0.05) is 29.8 Å². The van der Waals surface area contributed by atoms with E-state index in [0.29, 0.717) is 27.6 Å². The van der Waals surface area contributed by atoms with Gasteiger partial charge in [-0.3, -0.25) is 4.79 Å². The van der Waals surface area contributed by atoms with Gasteiger partial charge in [-0.2, -0.15) is 0 Å². The zero-order chi connectivity index (χ0) is 20.7. The van der Waals surface area contributed by atoms with E-state index < -0.39 is 0 Å². The number of hydrogen-bond acceptors (Lipinski definition) is 5. The van der Waals surface area contributed by atoms with Crippen LogP contribution in [0.15, 0.2) is 71.4 Å². The predicted molar refractivity (Wildman–Crippen MR) is 115 cm³/mol. The van der Waals surface area contributed by atoms with E-state index in [-0.39, 0.29) is 0 Å². The van der Waals surface area contributed by atoms with Gasteiger partial charge < -0.3 is 8.98 Å². The van der Waals surface area contributed by atoms with E-state index in [1.54, 1.807) is 24.5 Å². The first kappa shape index (κ1) is 18.3. The zero-order valence-electron chi connectivity index (χ0n) is 15.9. The van der Waals surface area contributed by atoms with Gasteiger partial charge in [0.15, 0.2) is 11.4 Å². The van der Waals surface area contributed by atoms with Gasteiger partial charge in [-0.15, -0.1) is 10.2 Å². The Bertz CT molecular complexity index is 1400. The summed E-state index contributed by atoms with van der Waals surface area (Å²) in [5.41, 5.74) is 5.49. The van der Waals surface area contributed by atoms with Crippen molar-refractivity contribution in [2.45, 2.75) is 0 Å². The quantitative estimate of drug-likeness (QED) is 0.367. The normalized spacial score (nSPS) is 11.1. The molecule has 5 rings (SSSR count). The highest BCUT2D eigenvalue weighted by Crippen LogP contribution is 2.35. The van der Waals surface area contributed by atoms with Gasteiger partial charge in [0.2, 0.25) is 5.89 Å². The van der Waals surface area contributed by atoms with Crippen LogP contribution in [-0.2, 0) is 7.05 Å². The number of benzene rings is 3. The minimum atomic E-state index is 0.490. The van der Waals surface area contributed by atoms with E-state index in [2.05, 4.69) is 15.2 Å². The van der Waals surface area contributed by atoms with Crippen molar-refractivity contribution in [1.29, 1.82) is 0 Å². The predicted octanol–water partition coefficient (Wildman–Crippen LogP) is 5.42. The van der Waals surface area contributed by atoms with Crippen LogP contribution < -0.4 is 0 Å². The lowest BCUT2D eigenvalue weighted by molar-refractivity contribution is 0.112. The molecule has 0 saturated carbocycles. The van der Waals surface area contributed by atoms with Crippen molar-refractivity contribution in [1.82, 2.24) is 19.7 Å². The molecule has 0 fully saturated rings. The zero-order valence-corrected chi connectivity index (χ0v) is 16.7. The molecule has 0 N–H and O–H groups in total. The number of oxazole rings is 1. The van der Waals surface area contributed by atoms with Crippen molar-refractivity contribution >= 4 is 29.0 Å². The van der Waals surface area contributed by atoms with Crippen LogP contribution in [-0.4, -0.2) is 26.0 Å². The van der Waals surface area contributed by atoms with E-state index in [1.165, 1.54) is 0 Å². The Morgan fingerprint density at radius 3 is 2.67 bits per heavy atom. The largest absolute Gasteiger partial charge is 0.436 e. The summed E-state index contributed by atoms with van der Waals surface area (Å²) in [4.78, 5) is 15.6. The number of carbonyl (C=O) groups is 1. The molecule has 7 heteroatoms. The second kappa shape index (κ2) is 7.24. The number of fused-ring (bicyclic) bond motifs is 1. The molecule has 2 aromatic heterocycles. The molecule has 2 heterocycles. The summed E-state index contributed by atoms with van der Waals surface area (Å²) >= 11 is 6.26. The van der Waals surface area contributed by atoms with Crippen LogP contribution >= 0.6 is 11.6 Å². The fourth-order valence-corrected chi connectivity index (χ4v) is 3.61. The molecular weight excluding hydrogens is 400 g/mol. The minimum absolute atomic E-state index is 0.490. The number of nitrogens with zero attached hydrogens (tertiary/aromatic N) is 4. The second-order valence-electron chi connectivity index (χ2n) is 6.90. The van der Waals surface area contributed by atoms with Crippen LogP contribution in [0.1, 0.15) is 10.4 Å². The number of rotatable bonds is 4. The second-order valence-corrected chi connectivity index (χ2v) is 7.34. The van der Waals surface area contributed by atoms with Gasteiger partial charge in [-0.25, -0.2) is 4.98 Å². The molecular formula is C23H15ClN4O2. The lowest BCUT2D eigenvalue weighted by atomic mass is 9.97. The molecule has 0 aliphatic heterocycles. The van der Waals surface area contributed by atoms with Crippen molar-refractivity contribution in [3.05, 3.63) is 77.6 Å². The average molecular weight is 415 g/mol. The van der Waals surface area contributed by atoms with Crippen LogP contribution in [0.25, 0.3) is 45.1 Å². The maximum Gasteiger partial charge on any atom is 0.227 e. The van der Waals surface area contributed by atoms with E-state index in [4.69, 9.17) is 16.0 Å². The summed E-state index contributed by atoms with van der Waals surface area (Å²) in [6.07, 6.45) is 2.45. The van der Waals surface area contributed by atoms with Crippen molar-refractivity contribution in [2.24, 2.45) is 7.05 Å². The van der Waals surface area contributed by atoms with E-state index >= 15 is 0 Å². The van der Waals surface area contributed by atoms with E-state index in [1.807, 2.05) is 54.1 Å². The smallest absolute Gasteiger partial charge is 0.227 e. The van der Waals surface area contributed by atoms with E-state index in [0.717, 1.165) is 34.4 Å². The summed E-state index contributed by atoms with van der Waals surface area (Å²) in [6.45, 7) is 0. The third kappa shape index (κ3) is 3.17. The third-order valence-electron chi connectivity index (χ3n) is 4.90. The Morgan fingerprint density at radius 2 is 1.87 bits per heavy atom. The molecule has 6 nitrogen and oxygen atoms in total. The fourth-order valence-electron chi connectivity index (χ4n) is 3.44. The van der Waals surface area contributed by atoms with Gasteiger partial charge in [0.05, 0.1) is 0 Å². The Hall–Kier alpha value is -3.77. The first-order valence-electron chi connectivity index (χ1n) is 9.23. The fraction of sp³-hybridized carbons (Fsp3) is 0.0435. The topological polar surface area (TPSA) is 73.8 Å². The molecule has 0 saturated heterocycles. The third-order valence-corrected chi connectivity index (χ3v) is 5.14.